The lowest BCUT2D eigenvalue weighted by Crippen LogP contribution is -2.25. The maximum absolute atomic E-state index is 12.3. The fourth-order valence-corrected chi connectivity index (χ4v) is 3.62. The van der Waals surface area contributed by atoms with E-state index in [9.17, 15) is 9.59 Å². The van der Waals surface area contributed by atoms with Gasteiger partial charge in [-0.1, -0.05) is 18.2 Å². The van der Waals surface area contributed by atoms with Crippen LogP contribution in [0.5, 0.6) is 5.75 Å². The van der Waals surface area contributed by atoms with E-state index in [0.29, 0.717) is 36.4 Å². The van der Waals surface area contributed by atoms with E-state index in [-0.39, 0.29) is 24.4 Å². The summed E-state index contributed by atoms with van der Waals surface area (Å²) < 4.78 is 10.7. The molecule has 0 radical (unpaired) electrons. The van der Waals surface area contributed by atoms with Gasteiger partial charge < -0.3 is 20.9 Å². The van der Waals surface area contributed by atoms with Gasteiger partial charge in [0.05, 0.1) is 18.6 Å². The molecule has 0 aliphatic heterocycles. The van der Waals surface area contributed by atoms with Crippen LogP contribution in [0.15, 0.2) is 48.5 Å². The number of nitrogens with two attached hydrogens (primary N) is 2. The van der Waals surface area contributed by atoms with Gasteiger partial charge in [-0.25, -0.2) is 4.79 Å². The molecule has 0 unspecified atom stereocenters. The Bertz CT molecular complexity index is 1020. The molecule has 1 aliphatic carbocycles. The van der Waals surface area contributed by atoms with Gasteiger partial charge in [0.1, 0.15) is 5.75 Å². The Hall–Kier alpha value is -3.79. The van der Waals surface area contributed by atoms with Crippen LogP contribution < -0.4 is 16.2 Å². The first-order chi connectivity index (χ1) is 15.4. The number of benzene rings is 2. The van der Waals surface area contributed by atoms with Gasteiger partial charge in [0.25, 0.3) is 0 Å². The predicted octanol–water partition coefficient (Wildman–Crippen LogP) is 3.89. The standard InChI is InChI=1S/C25H27N3O4/c26-16-18-1-6-20(7-2-18)25(30)32-22-10-3-17(4-11-22)5-12-24(29)31-14-13-19-8-9-21(27)15-23(19)28/h3-5,8-12,15,18,20H,1-2,6-7,13-14,27-28H2. The van der Waals surface area contributed by atoms with E-state index < -0.39 is 5.97 Å². The van der Waals surface area contributed by atoms with Crippen LogP contribution in [0.2, 0.25) is 0 Å². The monoisotopic (exact) mass is 433 g/mol. The van der Waals surface area contributed by atoms with Crippen molar-refractivity contribution in [2.24, 2.45) is 11.8 Å². The first kappa shape index (κ1) is 22.9. The molecular weight excluding hydrogens is 406 g/mol. The molecule has 1 fully saturated rings. The molecule has 2 aromatic rings. The molecule has 166 valence electrons. The van der Waals surface area contributed by atoms with Crippen molar-refractivity contribution in [3.63, 3.8) is 0 Å². The Morgan fingerprint density at radius 3 is 2.44 bits per heavy atom. The normalized spacial score (nSPS) is 18.1. The van der Waals surface area contributed by atoms with Crippen molar-refractivity contribution < 1.29 is 19.1 Å². The van der Waals surface area contributed by atoms with E-state index in [1.54, 1.807) is 42.5 Å². The first-order valence-corrected chi connectivity index (χ1v) is 10.6. The molecule has 2 aromatic carbocycles. The summed E-state index contributed by atoms with van der Waals surface area (Å²) in [6, 6.07) is 14.4. The largest absolute Gasteiger partial charge is 0.462 e. The smallest absolute Gasteiger partial charge is 0.330 e. The molecule has 7 nitrogen and oxygen atoms in total. The second-order valence-corrected chi connectivity index (χ2v) is 7.88. The minimum Gasteiger partial charge on any atom is -0.462 e. The second-order valence-electron chi connectivity index (χ2n) is 7.88. The van der Waals surface area contributed by atoms with Gasteiger partial charge in [-0.3, -0.25) is 4.79 Å². The maximum Gasteiger partial charge on any atom is 0.330 e. The molecule has 1 saturated carbocycles. The zero-order chi connectivity index (χ0) is 22.9. The lowest BCUT2D eigenvalue weighted by atomic mass is 9.83. The molecule has 0 heterocycles. The number of esters is 2. The molecule has 0 atom stereocenters. The molecular formula is C25H27N3O4. The van der Waals surface area contributed by atoms with Crippen molar-refractivity contribution in [2.45, 2.75) is 32.1 Å². The first-order valence-electron chi connectivity index (χ1n) is 10.6. The van der Waals surface area contributed by atoms with Crippen LogP contribution in [0.3, 0.4) is 0 Å². The van der Waals surface area contributed by atoms with Crippen LogP contribution in [0.25, 0.3) is 6.08 Å². The van der Waals surface area contributed by atoms with Crippen molar-refractivity contribution >= 4 is 29.4 Å². The van der Waals surface area contributed by atoms with Crippen molar-refractivity contribution in [2.75, 3.05) is 18.1 Å². The summed E-state index contributed by atoms with van der Waals surface area (Å²) in [7, 11) is 0. The Morgan fingerprint density at radius 2 is 1.78 bits per heavy atom. The average Bonchev–Trinajstić information content (AvgIpc) is 2.80. The number of hydrogen-bond acceptors (Lipinski definition) is 7. The molecule has 7 heteroatoms. The lowest BCUT2D eigenvalue weighted by Gasteiger charge is -2.23. The highest BCUT2D eigenvalue weighted by atomic mass is 16.5. The van der Waals surface area contributed by atoms with Gasteiger partial charge in [-0.2, -0.15) is 5.26 Å². The second kappa shape index (κ2) is 11.0. The Labute approximate surface area is 187 Å². The number of carbonyl (C=O) groups is 2. The van der Waals surface area contributed by atoms with E-state index in [2.05, 4.69) is 6.07 Å². The van der Waals surface area contributed by atoms with Crippen molar-refractivity contribution in [1.29, 1.82) is 5.26 Å². The van der Waals surface area contributed by atoms with E-state index in [1.165, 1.54) is 6.08 Å². The molecule has 32 heavy (non-hydrogen) atoms. The molecule has 0 aromatic heterocycles. The van der Waals surface area contributed by atoms with Gasteiger partial charge in [-0.15, -0.1) is 0 Å². The Kier molecular flexibility index (Phi) is 7.87. The minimum absolute atomic E-state index is 0.0488. The number of hydrogen-bond donors (Lipinski definition) is 2. The van der Waals surface area contributed by atoms with Gasteiger partial charge in [0.15, 0.2) is 0 Å². The highest BCUT2D eigenvalue weighted by Gasteiger charge is 2.27. The molecule has 0 amide bonds. The van der Waals surface area contributed by atoms with Crippen LogP contribution in [-0.2, 0) is 20.7 Å². The SMILES string of the molecule is N#CC1CCC(C(=O)Oc2ccc(C=CC(=O)OCCc3ccc(N)cc3N)cc2)CC1. The van der Waals surface area contributed by atoms with E-state index in [1.807, 2.05) is 6.07 Å². The average molecular weight is 434 g/mol. The van der Waals surface area contributed by atoms with Gasteiger partial charge >= 0.3 is 11.9 Å². The third-order valence-corrected chi connectivity index (χ3v) is 5.54. The van der Waals surface area contributed by atoms with E-state index in [4.69, 9.17) is 26.2 Å². The minimum atomic E-state index is -0.456. The van der Waals surface area contributed by atoms with Crippen molar-refractivity contribution in [1.82, 2.24) is 0 Å². The third-order valence-electron chi connectivity index (χ3n) is 5.54. The number of anilines is 2. The number of rotatable bonds is 7. The number of ether oxygens (including phenoxy) is 2. The van der Waals surface area contributed by atoms with Crippen LogP contribution in [0.1, 0.15) is 36.8 Å². The topological polar surface area (TPSA) is 128 Å². The maximum atomic E-state index is 12.3. The zero-order valence-electron chi connectivity index (χ0n) is 17.8. The van der Waals surface area contributed by atoms with Crippen LogP contribution in [-0.4, -0.2) is 18.5 Å². The number of nitrogen functional groups attached to an aromatic ring is 2. The van der Waals surface area contributed by atoms with Gasteiger partial charge in [0.2, 0.25) is 0 Å². The van der Waals surface area contributed by atoms with Crippen LogP contribution in [0.4, 0.5) is 11.4 Å². The highest BCUT2D eigenvalue weighted by molar-refractivity contribution is 5.87. The molecule has 0 spiro atoms. The molecule has 0 bridgehead atoms. The van der Waals surface area contributed by atoms with E-state index >= 15 is 0 Å². The number of nitriles is 1. The third kappa shape index (κ3) is 6.61. The summed E-state index contributed by atoms with van der Waals surface area (Å²) in [5, 5.41) is 8.95. The molecule has 1 aliphatic rings. The van der Waals surface area contributed by atoms with Crippen molar-refractivity contribution in [3.05, 3.63) is 59.7 Å². The highest BCUT2D eigenvalue weighted by Crippen LogP contribution is 2.29. The van der Waals surface area contributed by atoms with Gasteiger partial charge in [-0.05, 0) is 67.2 Å². The zero-order valence-corrected chi connectivity index (χ0v) is 17.8. The summed E-state index contributed by atoms with van der Waals surface area (Å²) in [6.45, 7) is 0.211. The number of carbonyl (C=O) groups excluding carboxylic acids is 2. The van der Waals surface area contributed by atoms with Crippen LogP contribution >= 0.6 is 0 Å². The van der Waals surface area contributed by atoms with E-state index in [0.717, 1.165) is 24.0 Å². The van der Waals surface area contributed by atoms with Crippen molar-refractivity contribution in [3.8, 4) is 11.8 Å². The fraction of sp³-hybridized carbons (Fsp3) is 0.320. The molecule has 4 N–H and O–H groups in total. The molecule has 3 rings (SSSR count). The Balaban J connectivity index is 1.43. The predicted molar refractivity (Wildman–Crippen MR) is 122 cm³/mol. The summed E-state index contributed by atoms with van der Waals surface area (Å²) in [5.41, 5.74) is 14.4. The Morgan fingerprint density at radius 1 is 1.06 bits per heavy atom. The quantitative estimate of drug-likeness (QED) is 0.293. The number of nitrogens with zero attached hydrogens (tertiary/aromatic N) is 1. The fourth-order valence-electron chi connectivity index (χ4n) is 3.62. The summed E-state index contributed by atoms with van der Waals surface area (Å²) >= 11 is 0. The summed E-state index contributed by atoms with van der Waals surface area (Å²) in [5.74, 6) is -0.360. The van der Waals surface area contributed by atoms with Gasteiger partial charge in [0, 0.05) is 29.8 Å². The van der Waals surface area contributed by atoms with Crippen LogP contribution in [0, 0.1) is 23.2 Å². The summed E-state index contributed by atoms with van der Waals surface area (Å²) in [4.78, 5) is 24.2. The summed E-state index contributed by atoms with van der Waals surface area (Å²) in [6.07, 6.45) is 6.34. The lowest BCUT2D eigenvalue weighted by molar-refractivity contribution is -0.140. The molecule has 0 saturated heterocycles.